The molecule has 0 radical (unpaired) electrons. The second-order valence-electron chi connectivity index (χ2n) is 4.63. The topological polar surface area (TPSA) is 55.1 Å². The Balaban J connectivity index is 2.25. The molecule has 0 aliphatic heterocycles. The second kappa shape index (κ2) is 6.74. The lowest BCUT2D eigenvalue weighted by molar-refractivity contribution is -0.123. The first-order valence-electron chi connectivity index (χ1n) is 6.51. The molecule has 2 aromatic rings. The van der Waals surface area contributed by atoms with Gasteiger partial charge >= 0.3 is 0 Å². The first-order valence-corrected chi connectivity index (χ1v) is 7.50. The molecule has 3 N–H and O–H groups in total. The van der Waals surface area contributed by atoms with Crippen molar-refractivity contribution < 1.29 is 9.18 Å². The Morgan fingerprint density at radius 2 is 1.81 bits per heavy atom. The Bertz CT molecular complexity index is 603. The van der Waals surface area contributed by atoms with Crippen molar-refractivity contribution in [2.45, 2.75) is 10.4 Å². The third-order valence-electron chi connectivity index (χ3n) is 3.38. The predicted octanol–water partition coefficient (Wildman–Crippen LogP) is 2.52. The van der Waals surface area contributed by atoms with Crippen LogP contribution >= 0.6 is 11.8 Å². The zero-order chi connectivity index (χ0) is 15.3. The minimum absolute atomic E-state index is 0.280. The number of carbonyl (C=O) groups is 1. The van der Waals surface area contributed by atoms with E-state index in [0.717, 1.165) is 10.5 Å². The first kappa shape index (κ1) is 15.5. The number of nitrogens with two attached hydrogens (primary N) is 1. The van der Waals surface area contributed by atoms with Gasteiger partial charge in [-0.1, -0.05) is 30.3 Å². The maximum Gasteiger partial charge on any atom is 0.243 e. The number of primary amides is 1. The number of carbonyl (C=O) groups excluding carboxylic acids is 1. The molecular weight excluding hydrogens is 287 g/mol. The molecule has 1 atom stereocenters. The van der Waals surface area contributed by atoms with Crippen LogP contribution in [0, 0.1) is 5.82 Å². The van der Waals surface area contributed by atoms with Crippen LogP contribution in [-0.4, -0.2) is 18.7 Å². The van der Waals surface area contributed by atoms with Gasteiger partial charge in [0, 0.05) is 10.6 Å². The molecule has 0 aromatic heterocycles. The van der Waals surface area contributed by atoms with E-state index in [2.05, 4.69) is 5.32 Å². The van der Waals surface area contributed by atoms with Crippen LogP contribution in [0.5, 0.6) is 0 Å². The Labute approximate surface area is 127 Å². The number of rotatable bonds is 6. The fourth-order valence-electron chi connectivity index (χ4n) is 2.08. The van der Waals surface area contributed by atoms with Gasteiger partial charge < -0.3 is 11.1 Å². The van der Waals surface area contributed by atoms with Gasteiger partial charge in [0.2, 0.25) is 5.91 Å². The molecule has 1 unspecified atom stereocenters. The van der Waals surface area contributed by atoms with E-state index in [-0.39, 0.29) is 5.82 Å². The van der Waals surface area contributed by atoms with Gasteiger partial charge in [-0.25, -0.2) is 4.39 Å². The lowest BCUT2D eigenvalue weighted by atomic mass is 9.91. The SMILES string of the molecule is CNC(CSc1ccc(F)cc1)(C(N)=O)c1ccccc1. The van der Waals surface area contributed by atoms with E-state index < -0.39 is 11.4 Å². The van der Waals surface area contributed by atoms with Crippen molar-refractivity contribution in [1.29, 1.82) is 0 Å². The number of benzene rings is 2. The largest absolute Gasteiger partial charge is 0.368 e. The molecule has 0 saturated heterocycles. The smallest absolute Gasteiger partial charge is 0.243 e. The van der Waals surface area contributed by atoms with Crippen molar-refractivity contribution in [2.24, 2.45) is 5.73 Å². The zero-order valence-corrected chi connectivity index (χ0v) is 12.5. The summed E-state index contributed by atoms with van der Waals surface area (Å²) in [6.07, 6.45) is 0. The highest BCUT2D eigenvalue weighted by Crippen LogP contribution is 2.29. The van der Waals surface area contributed by atoms with E-state index >= 15 is 0 Å². The van der Waals surface area contributed by atoms with Crippen LogP contribution in [0.3, 0.4) is 0 Å². The molecule has 0 aliphatic carbocycles. The van der Waals surface area contributed by atoms with Crippen LogP contribution in [-0.2, 0) is 10.3 Å². The van der Waals surface area contributed by atoms with Crippen LogP contribution in [0.4, 0.5) is 4.39 Å². The van der Waals surface area contributed by atoms with Gasteiger partial charge in [-0.15, -0.1) is 11.8 Å². The van der Waals surface area contributed by atoms with Crippen LogP contribution in [0.2, 0.25) is 0 Å². The molecule has 1 amide bonds. The van der Waals surface area contributed by atoms with Crippen LogP contribution in [0.25, 0.3) is 0 Å². The highest BCUT2D eigenvalue weighted by Gasteiger charge is 2.36. The maximum atomic E-state index is 12.9. The summed E-state index contributed by atoms with van der Waals surface area (Å²) >= 11 is 1.45. The van der Waals surface area contributed by atoms with Crippen LogP contribution in [0.1, 0.15) is 5.56 Å². The average Bonchev–Trinajstić information content (AvgIpc) is 2.51. The molecular formula is C16H17FN2OS. The highest BCUT2D eigenvalue weighted by atomic mass is 32.2. The second-order valence-corrected chi connectivity index (χ2v) is 5.68. The lowest BCUT2D eigenvalue weighted by Gasteiger charge is -2.30. The molecule has 0 bridgehead atoms. The number of amides is 1. The highest BCUT2D eigenvalue weighted by molar-refractivity contribution is 7.99. The third-order valence-corrected chi connectivity index (χ3v) is 4.57. The molecule has 2 aromatic carbocycles. The molecule has 0 fully saturated rings. The molecule has 0 saturated carbocycles. The molecule has 2 rings (SSSR count). The van der Waals surface area contributed by atoms with Crippen molar-refractivity contribution in [3.63, 3.8) is 0 Å². The summed E-state index contributed by atoms with van der Waals surface area (Å²) in [6.45, 7) is 0. The quantitative estimate of drug-likeness (QED) is 0.806. The number of halogens is 1. The molecule has 110 valence electrons. The predicted molar refractivity (Wildman–Crippen MR) is 83.5 cm³/mol. The minimum Gasteiger partial charge on any atom is -0.368 e. The van der Waals surface area contributed by atoms with Gasteiger partial charge in [0.25, 0.3) is 0 Å². The van der Waals surface area contributed by atoms with Gasteiger partial charge in [-0.2, -0.15) is 0 Å². The summed E-state index contributed by atoms with van der Waals surface area (Å²) in [5.74, 6) is -0.294. The van der Waals surface area contributed by atoms with Gasteiger partial charge in [-0.05, 0) is 36.9 Å². The molecule has 0 heterocycles. The molecule has 0 spiro atoms. The van der Waals surface area contributed by atoms with Crippen molar-refractivity contribution >= 4 is 17.7 Å². The molecule has 21 heavy (non-hydrogen) atoms. The standard InChI is InChI=1S/C16H17FN2OS/c1-19-16(15(18)20,12-5-3-2-4-6-12)11-21-14-9-7-13(17)8-10-14/h2-10,19H,11H2,1H3,(H2,18,20). The normalized spacial score (nSPS) is 13.6. The summed E-state index contributed by atoms with van der Waals surface area (Å²) in [7, 11) is 1.71. The third kappa shape index (κ3) is 3.43. The first-order chi connectivity index (χ1) is 10.1. The van der Waals surface area contributed by atoms with Gasteiger partial charge in [0.15, 0.2) is 0 Å². The number of likely N-dealkylation sites (N-methyl/N-ethyl adjacent to an activating group) is 1. The fraction of sp³-hybridized carbons (Fsp3) is 0.188. The van der Waals surface area contributed by atoms with E-state index in [9.17, 15) is 9.18 Å². The summed E-state index contributed by atoms with van der Waals surface area (Å²) < 4.78 is 12.9. The summed E-state index contributed by atoms with van der Waals surface area (Å²) in [5.41, 5.74) is 5.48. The van der Waals surface area contributed by atoms with Gasteiger partial charge in [0.1, 0.15) is 11.4 Å². The van der Waals surface area contributed by atoms with Crippen molar-refractivity contribution in [3.05, 3.63) is 66.0 Å². The van der Waals surface area contributed by atoms with E-state index in [0.29, 0.717) is 5.75 Å². The molecule has 3 nitrogen and oxygen atoms in total. The number of hydrogen-bond acceptors (Lipinski definition) is 3. The van der Waals surface area contributed by atoms with Gasteiger partial charge in [-0.3, -0.25) is 4.79 Å². The Kier molecular flexibility index (Phi) is 4.98. The monoisotopic (exact) mass is 304 g/mol. The van der Waals surface area contributed by atoms with Crippen LogP contribution in [0.15, 0.2) is 59.5 Å². The summed E-state index contributed by atoms with van der Waals surface area (Å²) in [5, 5.41) is 3.04. The summed E-state index contributed by atoms with van der Waals surface area (Å²) in [6, 6.07) is 15.5. The minimum atomic E-state index is -0.958. The van der Waals surface area contributed by atoms with Gasteiger partial charge in [0.05, 0.1) is 0 Å². The Morgan fingerprint density at radius 3 is 2.33 bits per heavy atom. The van der Waals surface area contributed by atoms with Crippen molar-refractivity contribution in [2.75, 3.05) is 12.8 Å². The summed E-state index contributed by atoms with van der Waals surface area (Å²) in [4.78, 5) is 12.9. The fourth-order valence-corrected chi connectivity index (χ4v) is 3.25. The number of nitrogens with one attached hydrogen (secondary N) is 1. The van der Waals surface area contributed by atoms with E-state index in [1.165, 1.54) is 23.9 Å². The van der Waals surface area contributed by atoms with Crippen LogP contribution < -0.4 is 11.1 Å². The van der Waals surface area contributed by atoms with E-state index in [4.69, 9.17) is 5.73 Å². The number of hydrogen-bond donors (Lipinski definition) is 2. The zero-order valence-electron chi connectivity index (χ0n) is 11.7. The maximum absolute atomic E-state index is 12.9. The van der Waals surface area contributed by atoms with E-state index in [1.807, 2.05) is 30.3 Å². The molecule has 0 aliphatic rings. The Hall–Kier alpha value is -1.85. The average molecular weight is 304 g/mol. The van der Waals surface area contributed by atoms with Crippen molar-refractivity contribution in [1.82, 2.24) is 5.32 Å². The van der Waals surface area contributed by atoms with E-state index in [1.54, 1.807) is 19.2 Å². The number of thioether (sulfide) groups is 1. The Morgan fingerprint density at radius 1 is 1.19 bits per heavy atom. The lowest BCUT2D eigenvalue weighted by Crippen LogP contribution is -2.53. The molecule has 5 heteroatoms. The van der Waals surface area contributed by atoms with Crippen molar-refractivity contribution in [3.8, 4) is 0 Å².